The Morgan fingerprint density at radius 2 is 2.03 bits per heavy atom. The summed E-state index contributed by atoms with van der Waals surface area (Å²) in [4.78, 5) is 4.42. The Balaban J connectivity index is 1.56. The fourth-order valence-corrected chi connectivity index (χ4v) is 4.77. The van der Waals surface area contributed by atoms with E-state index in [1.165, 1.54) is 11.3 Å². The molecule has 0 saturated carbocycles. The molecule has 32 heavy (non-hydrogen) atoms. The van der Waals surface area contributed by atoms with Gasteiger partial charge in [-0.15, -0.1) is 15.3 Å². The number of imidazole rings is 1. The van der Waals surface area contributed by atoms with E-state index < -0.39 is 0 Å². The lowest BCUT2D eigenvalue weighted by Crippen LogP contribution is -2.30. The molecule has 10 nitrogen and oxygen atoms in total. The van der Waals surface area contributed by atoms with Gasteiger partial charge in [0.05, 0.1) is 17.9 Å². The van der Waals surface area contributed by atoms with E-state index in [2.05, 4.69) is 36.9 Å². The van der Waals surface area contributed by atoms with Crippen molar-refractivity contribution in [2.75, 3.05) is 13.1 Å². The van der Waals surface area contributed by atoms with Gasteiger partial charge < -0.3 is 10.1 Å². The summed E-state index contributed by atoms with van der Waals surface area (Å²) < 4.78 is 10.0. The van der Waals surface area contributed by atoms with Crippen molar-refractivity contribution in [2.24, 2.45) is 0 Å². The molecule has 1 N–H and O–H groups in total. The number of nitrogens with zero attached hydrogens (tertiary/aromatic N) is 8. The van der Waals surface area contributed by atoms with Crippen molar-refractivity contribution in [1.29, 1.82) is 5.26 Å². The topological polar surface area (TPSA) is 119 Å². The second-order valence-electron chi connectivity index (χ2n) is 7.90. The van der Waals surface area contributed by atoms with Crippen LogP contribution in [0.15, 0.2) is 18.3 Å². The van der Waals surface area contributed by atoms with Crippen LogP contribution in [-0.4, -0.2) is 47.7 Å². The molecule has 5 rings (SSSR count). The van der Waals surface area contributed by atoms with Crippen molar-refractivity contribution in [3.05, 3.63) is 39.7 Å². The molecule has 0 bridgehead atoms. The van der Waals surface area contributed by atoms with Crippen LogP contribution in [0.25, 0.3) is 16.9 Å². The Kier molecular flexibility index (Phi) is 5.32. The molecule has 0 spiro atoms. The number of nitrogens with one attached hydrogen (secondary N) is 1. The lowest BCUT2D eigenvalue weighted by atomic mass is 10.1. The van der Waals surface area contributed by atoms with Gasteiger partial charge in [-0.25, -0.2) is 9.67 Å². The summed E-state index contributed by atoms with van der Waals surface area (Å²) in [6.45, 7) is 7.83. The van der Waals surface area contributed by atoms with Crippen molar-refractivity contribution in [2.45, 2.75) is 45.8 Å². The van der Waals surface area contributed by atoms with E-state index in [1.807, 2.05) is 37.6 Å². The van der Waals surface area contributed by atoms with E-state index in [-0.39, 0.29) is 6.10 Å². The van der Waals surface area contributed by atoms with Crippen LogP contribution in [0.5, 0.6) is 5.88 Å². The third kappa shape index (κ3) is 3.61. The fraction of sp³-hybridized carbons (Fsp3) is 0.429. The van der Waals surface area contributed by atoms with Gasteiger partial charge in [0.15, 0.2) is 11.1 Å². The van der Waals surface area contributed by atoms with Gasteiger partial charge in [0.1, 0.15) is 28.1 Å². The summed E-state index contributed by atoms with van der Waals surface area (Å²) in [6.07, 6.45) is 3.27. The Bertz CT molecular complexity index is 1310. The van der Waals surface area contributed by atoms with Crippen molar-refractivity contribution >= 4 is 17.0 Å². The molecule has 1 fully saturated rings. The van der Waals surface area contributed by atoms with Crippen LogP contribution in [0.3, 0.4) is 0 Å². The van der Waals surface area contributed by atoms with Crippen LogP contribution >= 0.6 is 11.3 Å². The first-order valence-corrected chi connectivity index (χ1v) is 11.4. The number of pyridine rings is 1. The third-order valence-corrected chi connectivity index (χ3v) is 6.73. The van der Waals surface area contributed by atoms with Crippen LogP contribution < -0.4 is 10.1 Å². The largest absolute Gasteiger partial charge is 0.468 e. The highest BCUT2D eigenvalue weighted by molar-refractivity contribution is 7.11. The number of hydrogen-bond donors (Lipinski definition) is 1. The van der Waals surface area contributed by atoms with Gasteiger partial charge in [-0.2, -0.15) is 5.26 Å². The molecule has 1 aliphatic rings. The van der Waals surface area contributed by atoms with Crippen LogP contribution in [0.1, 0.15) is 53.3 Å². The summed E-state index contributed by atoms with van der Waals surface area (Å²) >= 11 is 1.49. The zero-order chi connectivity index (χ0) is 22.2. The van der Waals surface area contributed by atoms with Crippen LogP contribution in [0.2, 0.25) is 0 Å². The number of fused-ring (bicyclic) bond motifs is 1. The highest BCUT2D eigenvalue weighted by Crippen LogP contribution is 2.32. The minimum atomic E-state index is -0.333. The minimum Gasteiger partial charge on any atom is -0.468 e. The number of piperidine rings is 1. The maximum atomic E-state index is 9.56. The molecule has 0 aliphatic carbocycles. The normalized spacial score (nSPS) is 15.7. The number of aryl methyl sites for hydroxylation is 1. The molecule has 4 aromatic rings. The summed E-state index contributed by atoms with van der Waals surface area (Å²) in [6, 6.07) is 6.33. The summed E-state index contributed by atoms with van der Waals surface area (Å²) in [5.74, 6) is 0.503. The fourth-order valence-electron chi connectivity index (χ4n) is 4.09. The maximum Gasteiger partial charge on any atom is 0.201 e. The van der Waals surface area contributed by atoms with Gasteiger partial charge in [0.25, 0.3) is 0 Å². The zero-order valence-corrected chi connectivity index (χ0v) is 18.9. The molecule has 1 saturated heterocycles. The highest BCUT2D eigenvalue weighted by atomic mass is 32.1. The first-order chi connectivity index (χ1) is 15.5. The molecule has 1 aliphatic heterocycles. The minimum absolute atomic E-state index is 0.333. The lowest BCUT2D eigenvalue weighted by Gasteiger charge is -2.23. The number of hydrogen-bond acceptors (Lipinski definition) is 9. The Morgan fingerprint density at radius 3 is 2.75 bits per heavy atom. The second-order valence-corrected chi connectivity index (χ2v) is 9.11. The molecule has 1 atom stereocenters. The van der Waals surface area contributed by atoms with Crippen LogP contribution in [0, 0.1) is 25.2 Å². The Morgan fingerprint density at radius 1 is 1.22 bits per heavy atom. The average molecular weight is 450 g/mol. The van der Waals surface area contributed by atoms with Crippen molar-refractivity contribution < 1.29 is 4.74 Å². The maximum absolute atomic E-state index is 9.56. The standard InChI is InChI=1S/C21H23N9OS/c1-12-20(26-28-30(12)16-4-6-23-7-5-16)15-8-18-24-11-17(10-22)29(18)19(9-15)31-13(2)21-27-25-14(3)32-21/h8-9,11,13,16,23H,4-7H2,1-3H3/t13-/m1/s1. The van der Waals surface area contributed by atoms with Gasteiger partial charge in [-0.05, 0) is 52.8 Å². The molecule has 164 valence electrons. The molecule has 0 unspecified atom stereocenters. The number of nitriles is 1. The lowest BCUT2D eigenvalue weighted by molar-refractivity contribution is 0.213. The molecular formula is C21H23N9OS. The molecular weight excluding hydrogens is 426 g/mol. The molecule has 0 radical (unpaired) electrons. The summed E-state index contributed by atoms with van der Waals surface area (Å²) in [5, 5.41) is 31.8. The van der Waals surface area contributed by atoms with Gasteiger partial charge in [0.2, 0.25) is 5.88 Å². The van der Waals surface area contributed by atoms with E-state index in [0.717, 1.165) is 52.9 Å². The van der Waals surface area contributed by atoms with E-state index in [4.69, 9.17) is 4.74 Å². The zero-order valence-electron chi connectivity index (χ0n) is 18.1. The highest BCUT2D eigenvalue weighted by Gasteiger charge is 2.23. The third-order valence-electron chi connectivity index (χ3n) is 5.73. The summed E-state index contributed by atoms with van der Waals surface area (Å²) in [5.41, 5.74) is 3.66. The van der Waals surface area contributed by atoms with E-state index in [9.17, 15) is 5.26 Å². The van der Waals surface area contributed by atoms with Crippen molar-refractivity contribution in [1.82, 2.24) is 39.9 Å². The predicted octanol–water partition coefficient (Wildman–Crippen LogP) is 3.00. The van der Waals surface area contributed by atoms with E-state index in [1.54, 1.807) is 10.6 Å². The van der Waals surface area contributed by atoms with Crippen molar-refractivity contribution in [3.63, 3.8) is 0 Å². The smallest absolute Gasteiger partial charge is 0.201 e. The molecule has 11 heteroatoms. The van der Waals surface area contributed by atoms with Gasteiger partial charge in [0, 0.05) is 11.6 Å². The molecule has 4 aromatic heterocycles. The Hall–Kier alpha value is -3.36. The quantitative estimate of drug-likeness (QED) is 0.494. The van der Waals surface area contributed by atoms with Crippen molar-refractivity contribution in [3.8, 4) is 23.2 Å². The van der Waals surface area contributed by atoms with Crippen LogP contribution in [-0.2, 0) is 0 Å². The molecule has 0 amide bonds. The summed E-state index contributed by atoms with van der Waals surface area (Å²) in [7, 11) is 0. The van der Waals surface area contributed by atoms with Gasteiger partial charge in [-0.3, -0.25) is 4.40 Å². The number of rotatable bonds is 5. The molecule has 5 heterocycles. The predicted molar refractivity (Wildman–Crippen MR) is 118 cm³/mol. The number of ether oxygens (including phenoxy) is 1. The molecule has 0 aromatic carbocycles. The Labute approximate surface area is 188 Å². The first-order valence-electron chi connectivity index (χ1n) is 10.6. The van der Waals surface area contributed by atoms with Gasteiger partial charge >= 0.3 is 0 Å². The second kappa shape index (κ2) is 8.29. The average Bonchev–Trinajstić information content (AvgIpc) is 3.52. The van der Waals surface area contributed by atoms with Crippen LogP contribution in [0.4, 0.5) is 0 Å². The SMILES string of the molecule is Cc1nnc([C@@H](C)Oc2cc(-c3nnn(C4CCNCC4)c3C)cc3ncc(C#N)n23)s1. The van der Waals surface area contributed by atoms with E-state index in [0.29, 0.717) is 23.3 Å². The van der Waals surface area contributed by atoms with Gasteiger partial charge in [-0.1, -0.05) is 16.6 Å². The monoisotopic (exact) mass is 449 g/mol. The van der Waals surface area contributed by atoms with E-state index >= 15 is 0 Å². The first kappa shape index (κ1) is 20.5. The number of aromatic nitrogens is 7.